The average Bonchev–Trinajstić information content (AvgIpc) is 3.46. The molecule has 1 N–H and O–H groups in total. The summed E-state index contributed by atoms with van der Waals surface area (Å²) in [6.45, 7) is 3.56. The monoisotopic (exact) mass is 450 g/mol. The van der Waals surface area contributed by atoms with Crippen molar-refractivity contribution in [1.82, 2.24) is 24.5 Å². The van der Waals surface area contributed by atoms with Crippen LogP contribution in [-0.2, 0) is 13.1 Å². The van der Waals surface area contributed by atoms with Gasteiger partial charge in [0.25, 0.3) is 0 Å². The van der Waals surface area contributed by atoms with Gasteiger partial charge in [-0.2, -0.15) is 9.61 Å². The number of pyridine rings is 1. The number of para-hydroxylation sites is 1. The average molecular weight is 450 g/mol. The number of likely N-dealkylation sites (tertiary alicyclic amines) is 1. The minimum absolute atomic E-state index is 0.372. The Hall–Kier alpha value is -3.65. The fourth-order valence-corrected chi connectivity index (χ4v) is 4.90. The Morgan fingerprint density at radius 1 is 1.12 bits per heavy atom. The highest BCUT2D eigenvalue weighted by Crippen LogP contribution is 2.29. The van der Waals surface area contributed by atoms with Crippen LogP contribution in [0.15, 0.2) is 71.5 Å². The molecule has 8 heteroatoms. The van der Waals surface area contributed by atoms with E-state index in [1.54, 1.807) is 6.20 Å². The minimum Gasteiger partial charge on any atom is -0.460 e. The van der Waals surface area contributed by atoms with E-state index in [0.717, 1.165) is 72.0 Å². The zero-order chi connectivity index (χ0) is 22.9. The lowest BCUT2D eigenvalue weighted by Gasteiger charge is -2.32. The van der Waals surface area contributed by atoms with E-state index in [2.05, 4.69) is 58.5 Å². The molecular weight excluding hydrogens is 423 g/mol. The smallest absolute Gasteiger partial charge is 0.151 e. The number of aromatic nitrogens is 4. The topological polar surface area (TPSA) is 71.5 Å². The van der Waals surface area contributed by atoms with Crippen molar-refractivity contribution in [3.05, 3.63) is 84.1 Å². The number of hydrogen-bond acceptors (Lipinski definition) is 6. The Morgan fingerprint density at radius 2 is 2.06 bits per heavy atom. The summed E-state index contributed by atoms with van der Waals surface area (Å²) < 4.78 is 7.99. The molecule has 0 saturated carbocycles. The van der Waals surface area contributed by atoms with Crippen LogP contribution in [0.5, 0.6) is 0 Å². The van der Waals surface area contributed by atoms with Crippen molar-refractivity contribution in [2.75, 3.05) is 18.4 Å². The second kappa shape index (κ2) is 8.95. The van der Waals surface area contributed by atoms with Gasteiger partial charge in [-0.15, -0.1) is 0 Å². The first kappa shape index (κ1) is 20.9. The fourth-order valence-electron chi connectivity index (χ4n) is 4.90. The first-order valence-electron chi connectivity index (χ1n) is 11.9. The number of rotatable bonds is 6. The number of benzene rings is 1. The van der Waals surface area contributed by atoms with E-state index in [9.17, 15) is 0 Å². The van der Waals surface area contributed by atoms with Crippen LogP contribution in [0.4, 0.5) is 5.82 Å². The van der Waals surface area contributed by atoms with Gasteiger partial charge in [-0.1, -0.05) is 24.3 Å². The van der Waals surface area contributed by atoms with Gasteiger partial charge in [0.1, 0.15) is 25.0 Å². The van der Waals surface area contributed by atoms with Crippen LogP contribution in [0, 0.1) is 0 Å². The van der Waals surface area contributed by atoms with Crippen molar-refractivity contribution in [3.8, 4) is 0 Å². The standard InChI is InChI=1S/C26H27BN6O/c27-22-15-30-33-25(29-14-18-5-3-9-28-13-18)12-23(31-26(22)33)20-7-4-10-32(16-20)17-21-11-19-6-1-2-8-24(19)34-21/h1-3,5-6,8-9,11-13,15,20,29H,4,7,10,14,16-17,27H2. The number of hydrogen-bond donors (Lipinski definition) is 1. The third-order valence-electron chi connectivity index (χ3n) is 6.64. The Labute approximate surface area is 199 Å². The molecule has 1 aliphatic heterocycles. The van der Waals surface area contributed by atoms with Crippen LogP contribution in [0.3, 0.4) is 0 Å². The Balaban J connectivity index is 1.24. The van der Waals surface area contributed by atoms with Gasteiger partial charge >= 0.3 is 0 Å². The van der Waals surface area contributed by atoms with Crippen molar-refractivity contribution >= 4 is 35.7 Å². The predicted octanol–water partition coefficient (Wildman–Crippen LogP) is 3.12. The van der Waals surface area contributed by atoms with Crippen LogP contribution >= 0.6 is 0 Å². The molecule has 6 rings (SSSR count). The van der Waals surface area contributed by atoms with E-state index < -0.39 is 0 Å². The lowest BCUT2D eigenvalue weighted by atomic mass is 9.94. The normalized spacial score (nSPS) is 16.9. The zero-order valence-corrected chi connectivity index (χ0v) is 19.3. The second-order valence-electron chi connectivity index (χ2n) is 9.17. The second-order valence-corrected chi connectivity index (χ2v) is 9.17. The lowest BCUT2D eigenvalue weighted by molar-refractivity contribution is 0.186. The highest BCUT2D eigenvalue weighted by Gasteiger charge is 2.25. The number of piperidine rings is 1. The third-order valence-corrected chi connectivity index (χ3v) is 6.64. The molecule has 0 spiro atoms. The predicted molar refractivity (Wildman–Crippen MR) is 136 cm³/mol. The summed E-state index contributed by atoms with van der Waals surface area (Å²) in [5.41, 5.74) is 5.21. The van der Waals surface area contributed by atoms with Gasteiger partial charge in [-0.05, 0) is 48.6 Å². The van der Waals surface area contributed by atoms with Gasteiger partial charge in [0.15, 0.2) is 5.65 Å². The van der Waals surface area contributed by atoms with Gasteiger partial charge in [0, 0.05) is 49.1 Å². The quantitative estimate of drug-likeness (QED) is 0.401. The molecule has 1 saturated heterocycles. The van der Waals surface area contributed by atoms with Crippen LogP contribution in [0.25, 0.3) is 16.6 Å². The van der Waals surface area contributed by atoms with Crippen molar-refractivity contribution in [1.29, 1.82) is 0 Å². The first-order chi connectivity index (χ1) is 16.7. The van der Waals surface area contributed by atoms with E-state index >= 15 is 0 Å². The Kier molecular flexibility index (Phi) is 5.51. The summed E-state index contributed by atoms with van der Waals surface area (Å²) in [5, 5.41) is 9.28. The molecule has 1 unspecified atom stereocenters. The van der Waals surface area contributed by atoms with E-state index in [4.69, 9.17) is 9.40 Å². The van der Waals surface area contributed by atoms with E-state index in [0.29, 0.717) is 12.5 Å². The largest absolute Gasteiger partial charge is 0.460 e. The van der Waals surface area contributed by atoms with Crippen LogP contribution in [-0.4, -0.2) is 45.4 Å². The maximum absolute atomic E-state index is 6.08. The number of nitrogens with one attached hydrogen (secondary N) is 1. The molecule has 1 fully saturated rings. The van der Waals surface area contributed by atoms with Crippen molar-refractivity contribution in [2.24, 2.45) is 0 Å². The van der Waals surface area contributed by atoms with Gasteiger partial charge in [-0.25, -0.2) is 4.98 Å². The first-order valence-corrected chi connectivity index (χ1v) is 11.9. The van der Waals surface area contributed by atoms with Crippen molar-refractivity contribution in [2.45, 2.75) is 31.8 Å². The van der Waals surface area contributed by atoms with Crippen LogP contribution < -0.4 is 10.8 Å². The van der Waals surface area contributed by atoms with Crippen LogP contribution in [0.2, 0.25) is 0 Å². The van der Waals surface area contributed by atoms with E-state index in [1.807, 2.05) is 35.1 Å². The maximum atomic E-state index is 6.08. The number of anilines is 1. The Bertz CT molecular complexity index is 1400. The molecule has 1 aliphatic rings. The van der Waals surface area contributed by atoms with Crippen LogP contribution in [0.1, 0.15) is 35.8 Å². The van der Waals surface area contributed by atoms with Gasteiger partial charge in [0.2, 0.25) is 0 Å². The molecule has 170 valence electrons. The van der Waals surface area contributed by atoms with Gasteiger partial charge < -0.3 is 9.73 Å². The SMILES string of the molecule is Bc1cnn2c(NCc3cccnc3)cc(C3CCCN(Cc4cc5ccccc5o4)C3)nc12. The summed E-state index contributed by atoms with van der Waals surface area (Å²) in [7, 11) is 2.07. The Morgan fingerprint density at radius 3 is 2.94 bits per heavy atom. The van der Waals surface area contributed by atoms with Gasteiger partial charge in [0.05, 0.1) is 12.2 Å². The molecule has 0 amide bonds. The molecule has 0 bridgehead atoms. The number of nitrogens with zero attached hydrogens (tertiary/aromatic N) is 5. The molecular formula is C26H27BN6O. The lowest BCUT2D eigenvalue weighted by Crippen LogP contribution is -2.34. The summed E-state index contributed by atoms with van der Waals surface area (Å²) in [6.07, 6.45) is 7.85. The molecule has 34 heavy (non-hydrogen) atoms. The van der Waals surface area contributed by atoms with Gasteiger partial charge in [-0.3, -0.25) is 9.88 Å². The minimum atomic E-state index is 0.372. The summed E-state index contributed by atoms with van der Waals surface area (Å²) in [6, 6.07) is 16.6. The molecule has 5 heterocycles. The molecule has 0 aliphatic carbocycles. The molecule has 5 aromatic rings. The molecule has 0 radical (unpaired) electrons. The number of furan rings is 1. The summed E-state index contributed by atoms with van der Waals surface area (Å²) >= 11 is 0. The number of fused-ring (bicyclic) bond motifs is 2. The summed E-state index contributed by atoms with van der Waals surface area (Å²) in [5.74, 6) is 2.36. The molecule has 1 aromatic carbocycles. The highest BCUT2D eigenvalue weighted by molar-refractivity contribution is 6.36. The fraction of sp³-hybridized carbons (Fsp3) is 0.269. The van der Waals surface area contributed by atoms with Crippen molar-refractivity contribution < 1.29 is 4.42 Å². The maximum Gasteiger partial charge on any atom is 0.151 e. The highest BCUT2D eigenvalue weighted by atomic mass is 16.3. The third kappa shape index (κ3) is 4.17. The van der Waals surface area contributed by atoms with Crippen molar-refractivity contribution in [3.63, 3.8) is 0 Å². The summed E-state index contributed by atoms with van der Waals surface area (Å²) in [4.78, 5) is 11.8. The molecule has 7 nitrogen and oxygen atoms in total. The van der Waals surface area contributed by atoms with E-state index in [1.165, 1.54) is 5.39 Å². The molecule has 1 atom stereocenters. The molecule has 4 aromatic heterocycles. The zero-order valence-electron chi connectivity index (χ0n) is 19.3. The van der Waals surface area contributed by atoms with E-state index in [-0.39, 0.29) is 0 Å².